The Morgan fingerprint density at radius 3 is 2.42 bits per heavy atom. The highest BCUT2D eigenvalue weighted by Crippen LogP contribution is 2.32. The summed E-state index contributed by atoms with van der Waals surface area (Å²) in [5.41, 5.74) is 1.26. The van der Waals surface area contributed by atoms with Crippen molar-refractivity contribution in [1.29, 1.82) is 0 Å². The van der Waals surface area contributed by atoms with Gasteiger partial charge in [0.15, 0.2) is 0 Å². The van der Waals surface area contributed by atoms with E-state index in [2.05, 4.69) is 0 Å². The fourth-order valence-electron chi connectivity index (χ4n) is 2.02. The molecule has 1 aliphatic rings. The standard InChI is InChI=1S/C10H18O2/c11-7-5-10(6-8-12)9-3-1-2-4-9/h5,9,11-12H,1-4,6-8H2. The van der Waals surface area contributed by atoms with E-state index in [9.17, 15) is 0 Å². The Balaban J connectivity index is 2.45. The normalized spacial score (nSPS) is 20.3. The van der Waals surface area contributed by atoms with Gasteiger partial charge in [-0.15, -0.1) is 0 Å². The van der Waals surface area contributed by atoms with Gasteiger partial charge in [0.05, 0.1) is 6.61 Å². The van der Waals surface area contributed by atoms with Crippen molar-refractivity contribution < 1.29 is 10.2 Å². The predicted octanol–water partition coefficient (Wildman–Crippen LogP) is 1.48. The summed E-state index contributed by atoms with van der Waals surface area (Å²) in [7, 11) is 0. The maximum Gasteiger partial charge on any atom is 0.0615 e. The highest BCUT2D eigenvalue weighted by atomic mass is 16.3. The van der Waals surface area contributed by atoms with E-state index in [1.165, 1.54) is 31.3 Å². The van der Waals surface area contributed by atoms with Crippen LogP contribution < -0.4 is 0 Å². The van der Waals surface area contributed by atoms with Gasteiger partial charge in [0.2, 0.25) is 0 Å². The van der Waals surface area contributed by atoms with Crippen LogP contribution in [-0.2, 0) is 0 Å². The van der Waals surface area contributed by atoms with Crippen molar-refractivity contribution in [1.82, 2.24) is 0 Å². The maximum atomic E-state index is 8.80. The molecule has 2 heteroatoms. The highest BCUT2D eigenvalue weighted by Gasteiger charge is 2.18. The Hall–Kier alpha value is -0.340. The summed E-state index contributed by atoms with van der Waals surface area (Å²) in [5, 5.41) is 17.6. The second kappa shape index (κ2) is 5.33. The molecule has 1 rings (SSSR count). The summed E-state index contributed by atoms with van der Waals surface area (Å²) in [6.07, 6.45) is 7.70. The molecule has 0 heterocycles. The van der Waals surface area contributed by atoms with E-state index in [1.807, 2.05) is 6.08 Å². The third-order valence-corrected chi connectivity index (χ3v) is 2.63. The van der Waals surface area contributed by atoms with Crippen LogP contribution in [0, 0.1) is 5.92 Å². The SMILES string of the molecule is OCC=C(CCO)C1CCCC1. The molecule has 1 saturated carbocycles. The van der Waals surface area contributed by atoms with Gasteiger partial charge < -0.3 is 10.2 Å². The van der Waals surface area contributed by atoms with Gasteiger partial charge in [-0.3, -0.25) is 0 Å². The minimum atomic E-state index is 0.117. The predicted molar refractivity (Wildman–Crippen MR) is 48.8 cm³/mol. The van der Waals surface area contributed by atoms with E-state index in [4.69, 9.17) is 10.2 Å². The molecular formula is C10H18O2. The molecule has 0 unspecified atom stereocenters. The van der Waals surface area contributed by atoms with Gasteiger partial charge in [0.1, 0.15) is 0 Å². The van der Waals surface area contributed by atoms with E-state index in [0.717, 1.165) is 6.42 Å². The van der Waals surface area contributed by atoms with Crippen LogP contribution >= 0.6 is 0 Å². The first-order chi connectivity index (χ1) is 5.88. The summed E-state index contributed by atoms with van der Waals surface area (Å²) in [6.45, 7) is 0.328. The monoisotopic (exact) mass is 170 g/mol. The summed E-state index contributed by atoms with van der Waals surface area (Å²) >= 11 is 0. The minimum Gasteiger partial charge on any atom is -0.396 e. The van der Waals surface area contributed by atoms with E-state index in [1.54, 1.807) is 0 Å². The summed E-state index contributed by atoms with van der Waals surface area (Å²) in [6, 6.07) is 0. The van der Waals surface area contributed by atoms with Crippen LogP contribution in [0.5, 0.6) is 0 Å². The molecule has 2 nitrogen and oxygen atoms in total. The van der Waals surface area contributed by atoms with Crippen molar-refractivity contribution in [3.8, 4) is 0 Å². The number of rotatable bonds is 4. The van der Waals surface area contributed by atoms with Crippen LogP contribution in [-0.4, -0.2) is 23.4 Å². The topological polar surface area (TPSA) is 40.5 Å². The Bertz CT molecular complexity index is 146. The number of hydrogen-bond acceptors (Lipinski definition) is 2. The number of aliphatic hydroxyl groups excluding tert-OH is 2. The average Bonchev–Trinajstić information content (AvgIpc) is 2.56. The van der Waals surface area contributed by atoms with Crippen LogP contribution in [0.4, 0.5) is 0 Å². The first-order valence-corrected chi connectivity index (χ1v) is 4.79. The number of aliphatic hydroxyl groups is 2. The lowest BCUT2D eigenvalue weighted by Gasteiger charge is -2.12. The van der Waals surface area contributed by atoms with Gasteiger partial charge in [0.25, 0.3) is 0 Å². The molecule has 0 radical (unpaired) electrons. The largest absolute Gasteiger partial charge is 0.396 e. The molecule has 0 spiro atoms. The van der Waals surface area contributed by atoms with Crippen LogP contribution in [0.1, 0.15) is 32.1 Å². The first-order valence-electron chi connectivity index (χ1n) is 4.79. The maximum absolute atomic E-state index is 8.80. The molecule has 1 aliphatic carbocycles. The fourth-order valence-corrected chi connectivity index (χ4v) is 2.02. The zero-order valence-electron chi connectivity index (χ0n) is 7.50. The van der Waals surface area contributed by atoms with E-state index in [0.29, 0.717) is 5.92 Å². The smallest absolute Gasteiger partial charge is 0.0615 e. The van der Waals surface area contributed by atoms with Crippen molar-refractivity contribution in [3.05, 3.63) is 11.6 Å². The molecule has 2 N–H and O–H groups in total. The molecule has 1 fully saturated rings. The minimum absolute atomic E-state index is 0.117. The molecule has 0 aliphatic heterocycles. The van der Waals surface area contributed by atoms with Gasteiger partial charge in [-0.05, 0) is 25.2 Å². The molecule has 0 amide bonds. The quantitative estimate of drug-likeness (QED) is 0.627. The van der Waals surface area contributed by atoms with Crippen molar-refractivity contribution in [2.24, 2.45) is 5.92 Å². The highest BCUT2D eigenvalue weighted by molar-refractivity contribution is 5.08. The number of hydrogen-bond donors (Lipinski definition) is 2. The lowest BCUT2D eigenvalue weighted by molar-refractivity contribution is 0.291. The zero-order valence-corrected chi connectivity index (χ0v) is 7.50. The summed E-state index contributed by atoms with van der Waals surface area (Å²) in [5.74, 6) is 0.643. The van der Waals surface area contributed by atoms with Crippen molar-refractivity contribution in [2.45, 2.75) is 32.1 Å². The molecule has 0 aromatic carbocycles. The molecule has 0 saturated heterocycles. The molecule has 0 aromatic rings. The second-order valence-corrected chi connectivity index (χ2v) is 3.42. The summed E-state index contributed by atoms with van der Waals surface area (Å²) < 4.78 is 0. The van der Waals surface area contributed by atoms with Crippen LogP contribution in [0.15, 0.2) is 11.6 Å². The Labute approximate surface area is 73.9 Å². The van der Waals surface area contributed by atoms with Gasteiger partial charge in [-0.2, -0.15) is 0 Å². The lowest BCUT2D eigenvalue weighted by Crippen LogP contribution is -2.02. The van der Waals surface area contributed by atoms with Crippen LogP contribution in [0.2, 0.25) is 0 Å². The first kappa shape index (κ1) is 9.75. The van der Waals surface area contributed by atoms with E-state index in [-0.39, 0.29) is 13.2 Å². The van der Waals surface area contributed by atoms with E-state index >= 15 is 0 Å². The van der Waals surface area contributed by atoms with Gasteiger partial charge in [-0.1, -0.05) is 24.5 Å². The van der Waals surface area contributed by atoms with Crippen LogP contribution in [0.3, 0.4) is 0 Å². The fraction of sp³-hybridized carbons (Fsp3) is 0.800. The van der Waals surface area contributed by atoms with Crippen LogP contribution in [0.25, 0.3) is 0 Å². The Morgan fingerprint density at radius 1 is 1.25 bits per heavy atom. The van der Waals surface area contributed by atoms with Gasteiger partial charge in [-0.25, -0.2) is 0 Å². The third kappa shape index (κ3) is 2.61. The Morgan fingerprint density at radius 2 is 1.92 bits per heavy atom. The molecule has 0 bridgehead atoms. The van der Waals surface area contributed by atoms with Crippen molar-refractivity contribution in [2.75, 3.05) is 13.2 Å². The average molecular weight is 170 g/mol. The third-order valence-electron chi connectivity index (χ3n) is 2.63. The zero-order chi connectivity index (χ0) is 8.81. The second-order valence-electron chi connectivity index (χ2n) is 3.42. The molecule has 12 heavy (non-hydrogen) atoms. The lowest BCUT2D eigenvalue weighted by atomic mass is 9.95. The molecule has 70 valence electrons. The molecule has 0 aromatic heterocycles. The van der Waals surface area contributed by atoms with Gasteiger partial charge >= 0.3 is 0 Å². The Kier molecular flexibility index (Phi) is 4.33. The molecular weight excluding hydrogens is 152 g/mol. The van der Waals surface area contributed by atoms with Crippen molar-refractivity contribution in [3.63, 3.8) is 0 Å². The summed E-state index contributed by atoms with van der Waals surface area (Å²) in [4.78, 5) is 0. The van der Waals surface area contributed by atoms with E-state index < -0.39 is 0 Å². The van der Waals surface area contributed by atoms with Gasteiger partial charge in [0, 0.05) is 6.61 Å². The molecule has 0 atom stereocenters. The van der Waals surface area contributed by atoms with Crippen molar-refractivity contribution >= 4 is 0 Å².